The Balaban J connectivity index is 2.02. The van der Waals surface area contributed by atoms with Crippen LogP contribution in [0.15, 0.2) is 51.7 Å². The zero-order valence-electron chi connectivity index (χ0n) is 13.8. The molecule has 120 valence electrons. The summed E-state index contributed by atoms with van der Waals surface area (Å²) in [5.41, 5.74) is 3.79. The first kappa shape index (κ1) is 14.7. The van der Waals surface area contributed by atoms with Crippen LogP contribution in [0.5, 0.6) is 0 Å². The molecular weight excluding hydrogens is 302 g/mol. The Kier molecular flexibility index (Phi) is 3.10. The number of carbonyl (C=O) groups is 1. The molecule has 1 aromatic heterocycles. The van der Waals surface area contributed by atoms with Gasteiger partial charge in [-0.05, 0) is 37.1 Å². The van der Waals surface area contributed by atoms with Crippen molar-refractivity contribution in [2.24, 2.45) is 0 Å². The van der Waals surface area contributed by atoms with Crippen LogP contribution < -0.4 is 5.43 Å². The minimum Gasteiger partial charge on any atom is -0.450 e. The lowest BCUT2D eigenvalue weighted by molar-refractivity contribution is 0.0771. The van der Waals surface area contributed by atoms with E-state index in [1.165, 1.54) is 0 Å². The summed E-state index contributed by atoms with van der Waals surface area (Å²) in [7, 11) is 1.71. The fraction of sp³-hybridized carbons (Fsp3) is 0.200. The number of carbonyl (C=O) groups excluding carboxylic acids is 1. The van der Waals surface area contributed by atoms with Crippen LogP contribution in [0.4, 0.5) is 0 Å². The molecule has 0 spiro atoms. The smallest absolute Gasteiger partial charge is 0.290 e. The topological polar surface area (TPSA) is 50.5 Å². The first-order valence-corrected chi connectivity index (χ1v) is 7.88. The summed E-state index contributed by atoms with van der Waals surface area (Å²) in [6, 6.07) is 12.9. The van der Waals surface area contributed by atoms with Crippen molar-refractivity contribution >= 4 is 16.9 Å². The molecule has 0 aliphatic carbocycles. The largest absolute Gasteiger partial charge is 0.450 e. The van der Waals surface area contributed by atoms with Gasteiger partial charge in [-0.3, -0.25) is 9.59 Å². The molecule has 4 heteroatoms. The highest BCUT2D eigenvalue weighted by atomic mass is 16.3. The zero-order valence-corrected chi connectivity index (χ0v) is 13.8. The zero-order chi connectivity index (χ0) is 17.0. The Morgan fingerprint density at radius 2 is 1.62 bits per heavy atom. The van der Waals surface area contributed by atoms with Gasteiger partial charge in [-0.2, -0.15) is 0 Å². The van der Waals surface area contributed by atoms with Gasteiger partial charge in [-0.25, -0.2) is 0 Å². The molecule has 0 fully saturated rings. The van der Waals surface area contributed by atoms with Gasteiger partial charge in [0, 0.05) is 7.05 Å². The molecular formula is C20H17NO3. The van der Waals surface area contributed by atoms with Crippen molar-refractivity contribution in [2.45, 2.75) is 19.9 Å². The second-order valence-corrected chi connectivity index (χ2v) is 6.40. The number of hydrogen-bond donors (Lipinski definition) is 0. The normalized spacial score (nSPS) is 16.7. The lowest BCUT2D eigenvalue weighted by Crippen LogP contribution is -2.25. The molecule has 0 N–H and O–H groups in total. The number of nitrogens with zero attached hydrogens (tertiary/aromatic N) is 1. The third-order valence-electron chi connectivity index (χ3n) is 4.65. The van der Waals surface area contributed by atoms with E-state index in [2.05, 4.69) is 0 Å². The van der Waals surface area contributed by atoms with E-state index in [9.17, 15) is 9.59 Å². The van der Waals surface area contributed by atoms with Gasteiger partial charge < -0.3 is 9.32 Å². The number of fused-ring (bicyclic) bond motifs is 2. The van der Waals surface area contributed by atoms with Gasteiger partial charge in [-0.15, -0.1) is 0 Å². The Labute approximate surface area is 139 Å². The molecule has 3 aromatic rings. The fourth-order valence-electron chi connectivity index (χ4n) is 3.33. The van der Waals surface area contributed by atoms with Crippen LogP contribution in [0.1, 0.15) is 38.9 Å². The Bertz CT molecular complexity index is 1030. The minimum atomic E-state index is -0.407. The fourth-order valence-corrected chi connectivity index (χ4v) is 3.33. The average molecular weight is 319 g/mol. The predicted octanol–water partition coefficient (Wildman–Crippen LogP) is 3.58. The van der Waals surface area contributed by atoms with E-state index in [1.54, 1.807) is 24.1 Å². The molecule has 0 radical (unpaired) electrons. The van der Waals surface area contributed by atoms with Crippen molar-refractivity contribution in [3.8, 4) is 0 Å². The minimum absolute atomic E-state index is 0.130. The Morgan fingerprint density at radius 3 is 2.33 bits per heavy atom. The molecule has 4 nitrogen and oxygen atoms in total. The molecule has 1 atom stereocenters. The second kappa shape index (κ2) is 5.06. The molecule has 4 rings (SSSR count). The van der Waals surface area contributed by atoms with Crippen molar-refractivity contribution in [1.29, 1.82) is 0 Å². The Hall–Kier alpha value is -2.88. The summed E-state index contributed by atoms with van der Waals surface area (Å²) in [5, 5.41) is 0.513. The van der Waals surface area contributed by atoms with E-state index in [4.69, 9.17) is 4.42 Å². The van der Waals surface area contributed by atoms with E-state index in [0.717, 1.165) is 16.7 Å². The molecule has 1 amide bonds. The average Bonchev–Trinajstić information content (AvgIpc) is 2.81. The summed E-state index contributed by atoms with van der Waals surface area (Å²) >= 11 is 0. The third kappa shape index (κ3) is 1.99. The van der Waals surface area contributed by atoms with E-state index in [0.29, 0.717) is 16.5 Å². The number of hydrogen-bond acceptors (Lipinski definition) is 3. The monoisotopic (exact) mass is 319 g/mol. The van der Waals surface area contributed by atoms with Gasteiger partial charge in [0.25, 0.3) is 5.91 Å². The molecule has 0 unspecified atom stereocenters. The highest BCUT2D eigenvalue weighted by Crippen LogP contribution is 2.36. The summed E-state index contributed by atoms with van der Waals surface area (Å²) in [6.07, 6.45) is 0. The maximum Gasteiger partial charge on any atom is 0.290 e. The van der Waals surface area contributed by atoms with E-state index in [-0.39, 0.29) is 17.1 Å². The van der Waals surface area contributed by atoms with Crippen LogP contribution in [0.25, 0.3) is 11.0 Å². The van der Waals surface area contributed by atoms with Crippen LogP contribution >= 0.6 is 0 Å². The molecule has 0 saturated heterocycles. The van der Waals surface area contributed by atoms with Crippen LogP contribution in [0.3, 0.4) is 0 Å². The maximum atomic E-state index is 13.0. The molecule has 2 aromatic carbocycles. The van der Waals surface area contributed by atoms with E-state index < -0.39 is 6.04 Å². The van der Waals surface area contributed by atoms with Gasteiger partial charge >= 0.3 is 0 Å². The number of benzene rings is 2. The molecule has 1 aliphatic heterocycles. The van der Waals surface area contributed by atoms with Crippen molar-refractivity contribution in [2.75, 3.05) is 7.05 Å². The lowest BCUT2D eigenvalue weighted by atomic mass is 9.98. The highest BCUT2D eigenvalue weighted by molar-refractivity contribution is 5.98. The predicted molar refractivity (Wildman–Crippen MR) is 92.3 cm³/mol. The van der Waals surface area contributed by atoms with Crippen LogP contribution in [-0.4, -0.2) is 17.9 Å². The molecule has 1 aliphatic rings. The summed E-state index contributed by atoms with van der Waals surface area (Å²) < 4.78 is 5.83. The van der Waals surface area contributed by atoms with Gasteiger partial charge in [0.2, 0.25) is 5.76 Å². The molecule has 24 heavy (non-hydrogen) atoms. The van der Waals surface area contributed by atoms with Crippen molar-refractivity contribution in [3.63, 3.8) is 0 Å². The maximum absolute atomic E-state index is 13.0. The van der Waals surface area contributed by atoms with E-state index in [1.807, 2.05) is 44.2 Å². The Morgan fingerprint density at radius 1 is 0.958 bits per heavy atom. The van der Waals surface area contributed by atoms with Gasteiger partial charge in [0.05, 0.1) is 17.0 Å². The van der Waals surface area contributed by atoms with Crippen molar-refractivity contribution in [1.82, 2.24) is 4.90 Å². The van der Waals surface area contributed by atoms with Gasteiger partial charge in [0.15, 0.2) is 5.43 Å². The lowest BCUT2D eigenvalue weighted by Gasteiger charge is -2.20. The number of amides is 1. The first-order chi connectivity index (χ1) is 11.5. The highest BCUT2D eigenvalue weighted by Gasteiger charge is 2.40. The van der Waals surface area contributed by atoms with Gasteiger partial charge in [0.1, 0.15) is 5.58 Å². The van der Waals surface area contributed by atoms with Crippen LogP contribution in [-0.2, 0) is 0 Å². The van der Waals surface area contributed by atoms with Crippen LogP contribution in [0, 0.1) is 13.8 Å². The van der Waals surface area contributed by atoms with Crippen LogP contribution in [0.2, 0.25) is 0 Å². The standard InChI is InChI=1S/C20H17NO3/c1-11-4-7-13(8-5-11)17-16-18(22)14-9-6-12(2)10-15(14)24-19(16)20(23)21(17)3/h4-10,17H,1-3H3/t17-/m0/s1. The summed E-state index contributed by atoms with van der Waals surface area (Å²) in [4.78, 5) is 27.2. The number of rotatable bonds is 1. The SMILES string of the molecule is Cc1ccc([C@H]2c3c(oc4cc(C)ccc4c3=O)C(=O)N2C)cc1. The third-order valence-corrected chi connectivity index (χ3v) is 4.65. The van der Waals surface area contributed by atoms with Crippen molar-refractivity contribution < 1.29 is 9.21 Å². The van der Waals surface area contributed by atoms with E-state index >= 15 is 0 Å². The molecule has 0 bridgehead atoms. The van der Waals surface area contributed by atoms with Crippen molar-refractivity contribution in [3.05, 3.63) is 80.7 Å². The quantitative estimate of drug-likeness (QED) is 0.689. The molecule has 2 heterocycles. The summed E-state index contributed by atoms with van der Waals surface area (Å²) in [6.45, 7) is 3.93. The molecule has 0 saturated carbocycles. The first-order valence-electron chi connectivity index (χ1n) is 7.88. The second-order valence-electron chi connectivity index (χ2n) is 6.40. The summed E-state index contributed by atoms with van der Waals surface area (Å²) in [5.74, 6) is -0.0951. The number of aryl methyl sites for hydroxylation is 2. The van der Waals surface area contributed by atoms with Gasteiger partial charge in [-0.1, -0.05) is 35.9 Å².